The number of likely N-dealkylation sites (tertiary alicyclic amines) is 1. The minimum atomic E-state index is -0.251. The lowest BCUT2D eigenvalue weighted by atomic mass is 9.80. The summed E-state index contributed by atoms with van der Waals surface area (Å²) in [5, 5.41) is 0. The molecule has 2 N–H and O–H groups in total. The number of hydrogen-bond donors (Lipinski definition) is 1. The van der Waals surface area contributed by atoms with E-state index < -0.39 is 0 Å². The number of carbonyl (C=O) groups excluding carboxylic acids is 1. The topological polar surface area (TPSA) is 46.3 Å². The number of hydrogen-bond acceptors (Lipinski definition) is 2. The van der Waals surface area contributed by atoms with Gasteiger partial charge in [0.1, 0.15) is 0 Å². The molecular formula is C18H26N2O. The van der Waals surface area contributed by atoms with Crippen molar-refractivity contribution in [3.8, 4) is 0 Å². The van der Waals surface area contributed by atoms with Crippen molar-refractivity contribution in [3.63, 3.8) is 0 Å². The van der Waals surface area contributed by atoms with Crippen LogP contribution in [-0.4, -0.2) is 22.9 Å². The molecule has 21 heavy (non-hydrogen) atoms. The van der Waals surface area contributed by atoms with Crippen molar-refractivity contribution in [2.45, 2.75) is 62.9 Å². The van der Waals surface area contributed by atoms with E-state index in [0.717, 1.165) is 32.2 Å². The Morgan fingerprint density at radius 3 is 2.57 bits per heavy atom. The summed E-state index contributed by atoms with van der Waals surface area (Å²) in [6, 6.07) is 10.7. The third-order valence-electron chi connectivity index (χ3n) is 5.11. The Morgan fingerprint density at radius 1 is 1.14 bits per heavy atom. The highest BCUT2D eigenvalue weighted by atomic mass is 16.2. The average molecular weight is 286 g/mol. The van der Waals surface area contributed by atoms with Crippen LogP contribution in [0.5, 0.6) is 0 Å². The van der Waals surface area contributed by atoms with Gasteiger partial charge in [0.2, 0.25) is 5.91 Å². The molecule has 1 saturated heterocycles. The van der Waals surface area contributed by atoms with Crippen LogP contribution >= 0.6 is 0 Å². The van der Waals surface area contributed by atoms with Gasteiger partial charge in [-0.25, -0.2) is 0 Å². The van der Waals surface area contributed by atoms with Crippen molar-refractivity contribution in [1.82, 2.24) is 4.90 Å². The molecule has 2 fully saturated rings. The van der Waals surface area contributed by atoms with E-state index in [1.54, 1.807) is 0 Å². The van der Waals surface area contributed by atoms with E-state index in [9.17, 15) is 4.79 Å². The van der Waals surface area contributed by atoms with Crippen molar-refractivity contribution in [2.24, 2.45) is 5.73 Å². The van der Waals surface area contributed by atoms with Gasteiger partial charge in [-0.3, -0.25) is 4.79 Å². The third kappa shape index (κ3) is 3.29. The number of rotatable bonds is 3. The Balaban J connectivity index is 1.68. The van der Waals surface area contributed by atoms with Crippen molar-refractivity contribution in [3.05, 3.63) is 35.9 Å². The molecule has 0 bridgehead atoms. The molecule has 1 heterocycles. The van der Waals surface area contributed by atoms with Gasteiger partial charge in [-0.05, 0) is 31.2 Å². The molecule has 1 aliphatic carbocycles. The summed E-state index contributed by atoms with van der Waals surface area (Å²) in [6.45, 7) is 0.883. The molecule has 2 aliphatic rings. The molecule has 1 aromatic carbocycles. The molecule has 1 aromatic rings. The lowest BCUT2D eigenvalue weighted by Crippen LogP contribution is -2.46. The van der Waals surface area contributed by atoms with E-state index >= 15 is 0 Å². The SMILES string of the molecule is NC1(CC(=O)N2CCCC2c2ccccc2)CCCCC1. The van der Waals surface area contributed by atoms with Crippen LogP contribution in [-0.2, 0) is 4.79 Å². The number of benzene rings is 1. The summed E-state index contributed by atoms with van der Waals surface area (Å²) in [5.74, 6) is 0.255. The summed E-state index contributed by atoms with van der Waals surface area (Å²) in [6.07, 6.45) is 8.32. The first-order valence-electron chi connectivity index (χ1n) is 8.31. The standard InChI is InChI=1S/C18H26N2O/c19-18(11-5-2-6-12-18)14-17(21)20-13-7-10-16(20)15-8-3-1-4-9-15/h1,3-4,8-9,16H,2,5-7,10-14,19H2. The molecule has 1 saturated carbocycles. The molecule has 3 heteroatoms. The van der Waals surface area contributed by atoms with E-state index in [0.29, 0.717) is 6.42 Å². The number of nitrogens with two attached hydrogens (primary N) is 1. The third-order valence-corrected chi connectivity index (χ3v) is 5.11. The van der Waals surface area contributed by atoms with Crippen LogP contribution in [0.15, 0.2) is 30.3 Å². The van der Waals surface area contributed by atoms with E-state index in [-0.39, 0.29) is 17.5 Å². The van der Waals surface area contributed by atoms with E-state index in [1.165, 1.54) is 24.8 Å². The van der Waals surface area contributed by atoms with Crippen LogP contribution in [0.2, 0.25) is 0 Å². The van der Waals surface area contributed by atoms with Gasteiger partial charge in [0, 0.05) is 18.5 Å². The van der Waals surface area contributed by atoms with E-state index in [1.807, 2.05) is 6.07 Å². The van der Waals surface area contributed by atoms with Crippen molar-refractivity contribution in [2.75, 3.05) is 6.54 Å². The second kappa shape index (κ2) is 6.18. The zero-order valence-electron chi connectivity index (χ0n) is 12.8. The minimum Gasteiger partial charge on any atom is -0.336 e. The van der Waals surface area contributed by atoms with Gasteiger partial charge >= 0.3 is 0 Å². The van der Waals surface area contributed by atoms with Crippen LogP contribution in [0.3, 0.4) is 0 Å². The largest absolute Gasteiger partial charge is 0.336 e. The Bertz CT molecular complexity index is 479. The summed E-state index contributed by atoms with van der Waals surface area (Å²) in [4.78, 5) is 14.8. The molecule has 3 rings (SSSR count). The Labute approximate surface area is 127 Å². The predicted octanol–water partition coefficient (Wildman–Crippen LogP) is 3.40. The Hall–Kier alpha value is -1.35. The second-order valence-corrected chi connectivity index (χ2v) is 6.76. The van der Waals surface area contributed by atoms with Gasteiger partial charge in [0.05, 0.1) is 6.04 Å². The molecule has 1 atom stereocenters. The fourth-order valence-electron chi connectivity index (χ4n) is 3.92. The van der Waals surface area contributed by atoms with Crippen molar-refractivity contribution in [1.29, 1.82) is 0 Å². The molecule has 0 radical (unpaired) electrons. The predicted molar refractivity (Wildman–Crippen MR) is 84.8 cm³/mol. The lowest BCUT2D eigenvalue weighted by molar-refractivity contribution is -0.133. The maximum Gasteiger partial charge on any atom is 0.224 e. The zero-order chi connectivity index (χ0) is 14.7. The van der Waals surface area contributed by atoms with Crippen molar-refractivity contribution < 1.29 is 4.79 Å². The smallest absolute Gasteiger partial charge is 0.224 e. The second-order valence-electron chi connectivity index (χ2n) is 6.76. The highest BCUT2D eigenvalue weighted by Gasteiger charge is 2.35. The van der Waals surface area contributed by atoms with E-state index in [4.69, 9.17) is 5.73 Å². The molecule has 3 nitrogen and oxygen atoms in total. The van der Waals surface area contributed by atoms with E-state index in [2.05, 4.69) is 29.2 Å². The van der Waals surface area contributed by atoms with Gasteiger partial charge in [-0.1, -0.05) is 49.6 Å². The van der Waals surface area contributed by atoms with Crippen LogP contribution < -0.4 is 5.73 Å². The summed E-state index contributed by atoms with van der Waals surface area (Å²) in [7, 11) is 0. The summed E-state index contributed by atoms with van der Waals surface area (Å²) < 4.78 is 0. The molecular weight excluding hydrogens is 260 g/mol. The van der Waals surface area contributed by atoms with Crippen LogP contribution in [0.1, 0.15) is 63.0 Å². The molecule has 114 valence electrons. The Morgan fingerprint density at radius 2 is 1.86 bits per heavy atom. The quantitative estimate of drug-likeness (QED) is 0.925. The highest BCUT2D eigenvalue weighted by molar-refractivity contribution is 5.78. The fourth-order valence-corrected chi connectivity index (χ4v) is 3.92. The van der Waals surface area contributed by atoms with Gasteiger partial charge in [0.25, 0.3) is 0 Å². The zero-order valence-corrected chi connectivity index (χ0v) is 12.8. The highest BCUT2D eigenvalue weighted by Crippen LogP contribution is 2.35. The summed E-state index contributed by atoms with van der Waals surface area (Å²) in [5.41, 5.74) is 7.48. The maximum atomic E-state index is 12.7. The monoisotopic (exact) mass is 286 g/mol. The van der Waals surface area contributed by atoms with Gasteiger partial charge in [0.15, 0.2) is 0 Å². The maximum absolute atomic E-state index is 12.7. The fraction of sp³-hybridized carbons (Fsp3) is 0.611. The first-order valence-corrected chi connectivity index (χ1v) is 8.31. The number of amides is 1. The Kier molecular flexibility index (Phi) is 4.29. The first kappa shape index (κ1) is 14.6. The molecule has 1 aliphatic heterocycles. The molecule has 1 amide bonds. The average Bonchev–Trinajstić information content (AvgIpc) is 2.98. The van der Waals surface area contributed by atoms with Gasteiger partial charge in [-0.15, -0.1) is 0 Å². The van der Waals surface area contributed by atoms with Crippen LogP contribution in [0, 0.1) is 0 Å². The molecule has 1 unspecified atom stereocenters. The van der Waals surface area contributed by atoms with Gasteiger partial charge < -0.3 is 10.6 Å². The molecule has 0 spiro atoms. The summed E-state index contributed by atoms with van der Waals surface area (Å²) >= 11 is 0. The van der Waals surface area contributed by atoms with Gasteiger partial charge in [-0.2, -0.15) is 0 Å². The van der Waals surface area contributed by atoms with Crippen molar-refractivity contribution >= 4 is 5.91 Å². The van der Waals surface area contributed by atoms with Crippen LogP contribution in [0.25, 0.3) is 0 Å². The number of carbonyl (C=O) groups is 1. The number of nitrogens with zero attached hydrogens (tertiary/aromatic N) is 1. The normalized spacial score (nSPS) is 25.0. The minimum absolute atomic E-state index is 0.251. The lowest BCUT2D eigenvalue weighted by Gasteiger charge is -2.35. The first-order chi connectivity index (χ1) is 10.2. The molecule has 0 aromatic heterocycles. The van der Waals surface area contributed by atoms with Crippen LogP contribution in [0.4, 0.5) is 0 Å².